The first-order valence-electron chi connectivity index (χ1n) is 36.3. The minimum absolute atomic E-state index is 0.00456. The van der Waals surface area contributed by atoms with E-state index in [1.807, 2.05) is 0 Å². The van der Waals surface area contributed by atoms with Crippen LogP contribution in [0.3, 0.4) is 0 Å². The highest BCUT2D eigenvalue weighted by molar-refractivity contribution is 8.19. The number of fused-ring (bicyclic) bond motifs is 2. The summed E-state index contributed by atoms with van der Waals surface area (Å²) in [5.41, 5.74) is -0.153. The van der Waals surface area contributed by atoms with E-state index in [0.717, 1.165) is 18.0 Å². The molecule has 0 fully saturated rings. The molecule has 4 aromatic heterocycles. The van der Waals surface area contributed by atoms with E-state index < -0.39 is 190 Å². The summed E-state index contributed by atoms with van der Waals surface area (Å²) in [5, 5.41) is 42.5. The molecule has 0 aliphatic heterocycles. The highest BCUT2D eigenvalue weighted by Crippen LogP contribution is 2.33. The van der Waals surface area contributed by atoms with Gasteiger partial charge in [0.2, 0.25) is 54.5 Å². The molecule has 0 bridgehead atoms. The lowest BCUT2D eigenvalue weighted by Crippen LogP contribution is -2.56. The number of anilines is 2. The smallest absolute Gasteiger partial charge is 0.408 e. The van der Waals surface area contributed by atoms with Crippen molar-refractivity contribution >= 4 is 128 Å². The number of aromatic amines is 2. The zero-order valence-corrected chi connectivity index (χ0v) is 68.3. The average molecular weight is 1720 g/mol. The summed E-state index contributed by atoms with van der Waals surface area (Å²) in [6, 6.07) is 7.20. The molecule has 0 aliphatic rings. The molecule has 118 heavy (non-hydrogen) atoms. The summed E-state index contributed by atoms with van der Waals surface area (Å²) in [5.74, 6) is -12.3. The molecule has 45 heteroatoms. The van der Waals surface area contributed by atoms with E-state index in [2.05, 4.69) is 77.2 Å². The van der Waals surface area contributed by atoms with E-state index >= 15 is 0 Å². The summed E-state index contributed by atoms with van der Waals surface area (Å²) in [7, 11) is -18.7. The van der Waals surface area contributed by atoms with E-state index in [-0.39, 0.29) is 83.7 Å². The van der Waals surface area contributed by atoms with Gasteiger partial charge in [0.1, 0.15) is 52.7 Å². The lowest BCUT2D eigenvalue weighted by molar-refractivity contribution is -0.139. The number of hydrogen-bond donors (Lipinski definition) is 19. The Balaban J connectivity index is 0.945. The van der Waals surface area contributed by atoms with Gasteiger partial charge in [0.25, 0.3) is 21.9 Å². The third-order valence-electron chi connectivity index (χ3n) is 17.8. The number of hydrogen-bond acceptors (Lipinski definition) is 25. The van der Waals surface area contributed by atoms with Crippen molar-refractivity contribution in [3.05, 3.63) is 174 Å². The number of sulfonamides is 2. The maximum Gasteiger partial charge on any atom is 0.408 e. The largest absolute Gasteiger partial charge is 0.480 e. The van der Waals surface area contributed by atoms with Crippen molar-refractivity contribution in [2.75, 3.05) is 48.3 Å². The number of aromatic nitrogens is 6. The van der Waals surface area contributed by atoms with Gasteiger partial charge in [-0.3, -0.25) is 52.5 Å². The molecule has 7 amide bonds. The number of pyridine rings is 2. The minimum Gasteiger partial charge on any atom is -0.480 e. The predicted octanol–water partition coefficient (Wildman–Crippen LogP) is 2.32. The number of carbonyl (C=O) groups excluding carboxylic acids is 7. The molecular formula is C73H93N17O24S4. The SMILES string of the molecule is Cc1cc(C)c(S(=O)(=O)N[C@@H](CNC(=O)c2cn(CCCNC(=O)[C@H](CS(=O)(=O)O)NC(=O)[C@H](CCC(=O)N[C@@H](CS(O)(O)O)C(=O)NCCCn3cc(C(=O)NC[C@H](NS(=O)(=O)c4c(C)cccc4C)C(=O)O)c(=O)c4ccc(CNc5ncc[nH]5)cc43)NC(=O)OC(C)(C)C)c3cc(CNc4ncc[nH]4)ccc3c2=O)C(=O)O)c(C)c1. The van der Waals surface area contributed by atoms with Gasteiger partial charge in [-0.05, 0) is 132 Å². The number of carboxylic acid groups (broad SMARTS) is 2. The van der Waals surface area contributed by atoms with Crippen LogP contribution in [-0.4, -0.2) is 210 Å². The van der Waals surface area contributed by atoms with E-state index in [0.29, 0.717) is 45.3 Å². The molecule has 0 saturated carbocycles. The van der Waals surface area contributed by atoms with Crippen LogP contribution in [0.4, 0.5) is 16.7 Å². The van der Waals surface area contributed by atoms with Gasteiger partial charge in [0.05, 0.1) is 37.4 Å². The van der Waals surface area contributed by atoms with Gasteiger partial charge in [-0.15, -0.1) is 0 Å². The molecule has 4 heterocycles. The second-order valence-electron chi connectivity index (χ2n) is 28.6. The van der Waals surface area contributed by atoms with Gasteiger partial charge in [0, 0.05) is 107 Å². The molecule has 0 aliphatic carbocycles. The van der Waals surface area contributed by atoms with Gasteiger partial charge in [-0.25, -0.2) is 31.6 Å². The summed E-state index contributed by atoms with van der Waals surface area (Å²) in [4.78, 5) is 164. The maximum atomic E-state index is 14.3. The first kappa shape index (κ1) is 91.8. The normalized spacial score (nSPS) is 13.4. The molecule has 5 atom stereocenters. The van der Waals surface area contributed by atoms with Crippen molar-refractivity contribution in [2.45, 2.75) is 153 Å². The topological polar surface area (TPSA) is 620 Å². The first-order valence-corrected chi connectivity index (χ1v) is 42.6. The minimum atomic E-state index is -5.16. The second kappa shape index (κ2) is 39.5. The molecule has 4 aromatic carbocycles. The van der Waals surface area contributed by atoms with Gasteiger partial charge < -0.3 is 95.6 Å². The molecule has 0 unspecified atom stereocenters. The average Bonchev–Trinajstić information content (AvgIpc) is 0.844. The molecule has 0 radical (unpaired) electrons. The molecule has 19 N–H and O–H groups in total. The van der Waals surface area contributed by atoms with Crippen molar-refractivity contribution in [2.24, 2.45) is 0 Å². The van der Waals surface area contributed by atoms with Crippen LogP contribution in [-0.2, 0) is 89.8 Å². The van der Waals surface area contributed by atoms with Crippen LogP contribution in [0.15, 0.2) is 123 Å². The van der Waals surface area contributed by atoms with Crippen molar-refractivity contribution in [3.63, 3.8) is 0 Å². The standard InChI is InChI=1S/C73H93N17O24S4/c1-40-28-43(4)62(44(5)29-40)118(112,113)88-53(69(101)102)35-81-64(95)50-37-90(57-31-46(15-17-48(57)60(50)93)33-83-71-78-24-25-79-71)27-11-21-75-66(97)55(39-116(107,108)109)85-67(98)51(86-72(103)114-73(6,7)8)18-19-58(91)84-54(38-115(104,105)106)65(96)74-20-10-26-89-36-49(59(92)47-16-14-45(30-56(47)89)32-82-70-76-22-23-77-70)63(94)80-34-52(68(99)100)87-117(110,111)61-41(2)12-9-13-42(61)3/h9,12-17,22-25,28-31,36-37,51-55,87-88,104-106H,10-11,18-21,26-27,32-35,38-39H2,1-8H3,(H,74,96)(H,75,97)(H,80,94)(H,81,95)(H,84,91)(H,85,98)(H,86,103)(H,99,100)(H,101,102)(H2,76,77,82)(H2,78,79,83)(H,107,108,109)/t51-,52-,53-,54-,55-/m0/s1. The number of imidazole rings is 2. The third-order valence-corrected chi connectivity index (χ3v) is 22.9. The van der Waals surface area contributed by atoms with Crippen LogP contribution in [0, 0.1) is 34.6 Å². The zero-order valence-electron chi connectivity index (χ0n) is 65.1. The maximum absolute atomic E-state index is 14.3. The van der Waals surface area contributed by atoms with Crippen LogP contribution in [0.25, 0.3) is 21.8 Å². The molecule has 41 nitrogen and oxygen atoms in total. The molecular weight excluding hydrogens is 1630 g/mol. The number of ether oxygens (including phenoxy) is 1. The Morgan fingerprint density at radius 2 is 0.975 bits per heavy atom. The Labute approximate surface area is 677 Å². The first-order chi connectivity index (χ1) is 55.3. The number of amides is 7. The van der Waals surface area contributed by atoms with E-state index in [1.165, 1.54) is 94.3 Å². The van der Waals surface area contributed by atoms with Gasteiger partial charge in [-0.2, -0.15) is 17.9 Å². The Hall–Kier alpha value is -11.7. The third kappa shape index (κ3) is 26.2. The van der Waals surface area contributed by atoms with E-state index in [9.17, 15) is 106 Å². The van der Waals surface area contributed by atoms with Crippen LogP contribution < -0.4 is 68.2 Å². The second-order valence-corrected chi connectivity index (χ2v) is 35.0. The number of rotatable bonds is 41. The summed E-state index contributed by atoms with van der Waals surface area (Å²) in [6.07, 6.45) is 5.44. The molecule has 0 saturated heterocycles. The zero-order chi connectivity index (χ0) is 86.9. The summed E-state index contributed by atoms with van der Waals surface area (Å²) >= 11 is 0. The fourth-order valence-electron chi connectivity index (χ4n) is 12.6. The molecule has 638 valence electrons. The number of carboxylic acids is 2. The highest BCUT2D eigenvalue weighted by atomic mass is 32.3. The number of benzene rings is 4. The summed E-state index contributed by atoms with van der Waals surface area (Å²) < 4.78 is 132. The number of aryl methyl sites for hydroxylation is 7. The van der Waals surface area contributed by atoms with E-state index in [1.54, 1.807) is 61.8 Å². The molecule has 8 rings (SSSR count). The Bertz CT molecular complexity index is 5530. The van der Waals surface area contributed by atoms with Gasteiger partial charge in [-0.1, -0.05) is 48.0 Å². The van der Waals surface area contributed by atoms with Gasteiger partial charge in [0.15, 0.2) is 11.9 Å². The number of carbonyl (C=O) groups is 9. The van der Waals surface area contributed by atoms with E-state index in [4.69, 9.17) is 4.74 Å². The fourth-order valence-corrected chi connectivity index (χ4v) is 17.3. The van der Waals surface area contributed by atoms with Crippen LogP contribution in [0.1, 0.15) is 106 Å². The number of H-pyrrole nitrogens is 2. The summed E-state index contributed by atoms with van der Waals surface area (Å²) in [6.45, 7) is 9.93. The monoisotopic (exact) mass is 1720 g/mol. The predicted molar refractivity (Wildman–Crippen MR) is 431 cm³/mol. The van der Waals surface area contributed by atoms with Gasteiger partial charge >= 0.3 is 18.0 Å². The number of alkyl carbamates (subject to hydrolysis) is 1. The Kier molecular flexibility index (Phi) is 30.7. The van der Waals surface area contributed by atoms with Crippen molar-refractivity contribution in [1.82, 2.24) is 75.7 Å². The highest BCUT2D eigenvalue weighted by Gasteiger charge is 2.36. The number of nitrogens with zero attached hydrogens (tertiary/aromatic N) is 4. The van der Waals surface area contributed by atoms with Crippen molar-refractivity contribution < 1.29 is 102 Å². The van der Waals surface area contributed by atoms with Crippen LogP contribution in [0.2, 0.25) is 0 Å². The fraction of sp³-hybridized carbons (Fsp3) is 0.384. The number of aliphatic carboxylic acids is 2. The number of nitrogens with one attached hydrogen (secondary N) is 13. The Morgan fingerprint density at radius 3 is 1.38 bits per heavy atom. The quantitative estimate of drug-likeness (QED) is 0.0193. The molecule has 0 spiro atoms. The van der Waals surface area contributed by atoms with Crippen LogP contribution in [0.5, 0.6) is 0 Å². The molecule has 8 aromatic rings. The van der Waals surface area contributed by atoms with Crippen molar-refractivity contribution in [3.8, 4) is 0 Å². The lowest BCUT2D eigenvalue weighted by Gasteiger charge is -2.27. The van der Waals surface area contributed by atoms with Crippen molar-refractivity contribution in [1.29, 1.82) is 0 Å². The Morgan fingerprint density at radius 1 is 0.534 bits per heavy atom. The lowest BCUT2D eigenvalue weighted by atomic mass is 10.1. The van der Waals surface area contributed by atoms with Crippen LogP contribution >= 0.6 is 10.9 Å².